The topological polar surface area (TPSA) is 23.5 Å². The average molecular weight is 245 g/mol. The van der Waals surface area contributed by atoms with Crippen LogP contribution in [0.3, 0.4) is 0 Å². The number of para-hydroxylation sites is 1. The van der Waals surface area contributed by atoms with Crippen LogP contribution in [0, 0.1) is 5.92 Å². The van der Waals surface area contributed by atoms with Crippen molar-refractivity contribution in [3.8, 4) is 0 Å². The Balaban J connectivity index is 1.70. The van der Waals surface area contributed by atoms with Crippen LogP contribution >= 0.6 is 0 Å². The van der Waals surface area contributed by atoms with E-state index in [2.05, 4.69) is 29.2 Å². The van der Waals surface area contributed by atoms with E-state index in [1.165, 1.54) is 49.8 Å². The van der Waals surface area contributed by atoms with Crippen molar-refractivity contribution in [1.29, 1.82) is 0 Å². The molecule has 1 atom stereocenters. The van der Waals surface area contributed by atoms with Crippen molar-refractivity contribution in [3.63, 3.8) is 0 Å². The summed E-state index contributed by atoms with van der Waals surface area (Å²) in [5, 5.41) is 10.4. The molecule has 0 amide bonds. The molecule has 0 radical (unpaired) electrons. The predicted molar refractivity (Wildman–Crippen MR) is 74.9 cm³/mol. The highest BCUT2D eigenvalue weighted by Gasteiger charge is 2.26. The van der Waals surface area contributed by atoms with Gasteiger partial charge < -0.3 is 10.0 Å². The number of hydrogen-bond donors (Lipinski definition) is 1. The summed E-state index contributed by atoms with van der Waals surface area (Å²) >= 11 is 0. The molecule has 0 bridgehead atoms. The van der Waals surface area contributed by atoms with E-state index in [1.54, 1.807) is 0 Å². The Morgan fingerprint density at radius 2 is 1.94 bits per heavy atom. The molecule has 1 aliphatic heterocycles. The average Bonchev–Trinajstić information content (AvgIpc) is 2.93. The number of aliphatic hydroxyl groups excluding tert-OH is 1. The van der Waals surface area contributed by atoms with Crippen LogP contribution in [-0.2, 0) is 6.42 Å². The Kier molecular flexibility index (Phi) is 3.55. The smallest absolute Gasteiger partial charge is 0.0743 e. The molecule has 3 rings (SSSR count). The summed E-state index contributed by atoms with van der Waals surface area (Å²) in [7, 11) is 0. The SMILES string of the molecule is OC(CN1CCCc2ccccc21)C1CCCC1. The molecule has 1 aliphatic carbocycles. The van der Waals surface area contributed by atoms with Crippen molar-refractivity contribution < 1.29 is 5.11 Å². The van der Waals surface area contributed by atoms with Gasteiger partial charge in [-0.25, -0.2) is 0 Å². The predicted octanol–water partition coefficient (Wildman–Crippen LogP) is 2.99. The summed E-state index contributed by atoms with van der Waals surface area (Å²) in [6.45, 7) is 1.92. The highest BCUT2D eigenvalue weighted by Crippen LogP contribution is 2.31. The number of anilines is 1. The molecule has 18 heavy (non-hydrogen) atoms. The highest BCUT2D eigenvalue weighted by molar-refractivity contribution is 5.55. The molecule has 98 valence electrons. The van der Waals surface area contributed by atoms with Gasteiger partial charge in [-0.05, 0) is 43.2 Å². The summed E-state index contributed by atoms with van der Waals surface area (Å²) < 4.78 is 0. The molecule has 0 spiro atoms. The molecule has 1 heterocycles. The number of β-amino-alcohol motifs (C(OH)–C–C–N with tert-alkyl or cyclic N) is 1. The van der Waals surface area contributed by atoms with Gasteiger partial charge in [-0.15, -0.1) is 0 Å². The maximum atomic E-state index is 10.4. The summed E-state index contributed by atoms with van der Waals surface area (Å²) in [4.78, 5) is 2.39. The molecule has 0 saturated heterocycles. The summed E-state index contributed by atoms with van der Waals surface area (Å²) in [5.41, 5.74) is 2.79. The second-order valence-electron chi connectivity index (χ2n) is 5.79. The Morgan fingerprint density at radius 3 is 2.78 bits per heavy atom. The normalized spacial score (nSPS) is 21.9. The van der Waals surface area contributed by atoms with Gasteiger partial charge in [-0.1, -0.05) is 31.0 Å². The zero-order chi connectivity index (χ0) is 12.4. The van der Waals surface area contributed by atoms with E-state index >= 15 is 0 Å². The number of aryl methyl sites for hydroxylation is 1. The molecular formula is C16H23NO. The Labute approximate surface area is 110 Å². The van der Waals surface area contributed by atoms with Gasteiger partial charge >= 0.3 is 0 Å². The van der Waals surface area contributed by atoms with E-state index in [9.17, 15) is 5.11 Å². The lowest BCUT2D eigenvalue weighted by molar-refractivity contribution is 0.116. The van der Waals surface area contributed by atoms with Gasteiger partial charge in [0.1, 0.15) is 0 Å². The third-order valence-electron chi connectivity index (χ3n) is 4.56. The third kappa shape index (κ3) is 2.39. The third-order valence-corrected chi connectivity index (χ3v) is 4.56. The molecule has 1 aromatic carbocycles. The van der Waals surface area contributed by atoms with Gasteiger partial charge in [0.15, 0.2) is 0 Å². The summed E-state index contributed by atoms with van der Waals surface area (Å²) in [6.07, 6.45) is 7.31. The van der Waals surface area contributed by atoms with Gasteiger partial charge in [0.25, 0.3) is 0 Å². The van der Waals surface area contributed by atoms with Crippen LogP contribution in [-0.4, -0.2) is 24.3 Å². The van der Waals surface area contributed by atoms with Crippen LogP contribution in [0.4, 0.5) is 5.69 Å². The molecule has 1 N–H and O–H groups in total. The van der Waals surface area contributed by atoms with Crippen molar-refractivity contribution in [1.82, 2.24) is 0 Å². The van der Waals surface area contributed by atoms with E-state index in [0.29, 0.717) is 5.92 Å². The number of aliphatic hydroxyl groups is 1. The minimum absolute atomic E-state index is 0.140. The largest absolute Gasteiger partial charge is 0.391 e. The number of hydrogen-bond acceptors (Lipinski definition) is 2. The first kappa shape index (κ1) is 12.0. The molecule has 0 aromatic heterocycles. The van der Waals surface area contributed by atoms with Crippen LogP contribution in [0.15, 0.2) is 24.3 Å². The first-order valence-electron chi connectivity index (χ1n) is 7.35. The number of fused-ring (bicyclic) bond motifs is 1. The van der Waals surface area contributed by atoms with Crippen molar-refractivity contribution in [2.24, 2.45) is 5.92 Å². The molecule has 1 fully saturated rings. The van der Waals surface area contributed by atoms with Gasteiger partial charge in [0, 0.05) is 18.8 Å². The van der Waals surface area contributed by atoms with Crippen molar-refractivity contribution in [3.05, 3.63) is 29.8 Å². The molecule has 2 heteroatoms. The van der Waals surface area contributed by atoms with E-state index in [4.69, 9.17) is 0 Å². The zero-order valence-electron chi connectivity index (χ0n) is 11.0. The van der Waals surface area contributed by atoms with Crippen molar-refractivity contribution in [2.45, 2.75) is 44.6 Å². The quantitative estimate of drug-likeness (QED) is 0.885. The minimum Gasteiger partial charge on any atom is -0.391 e. The van der Waals surface area contributed by atoms with E-state index in [1.807, 2.05) is 0 Å². The maximum absolute atomic E-state index is 10.4. The number of nitrogens with zero attached hydrogens (tertiary/aromatic N) is 1. The van der Waals surface area contributed by atoms with Crippen LogP contribution < -0.4 is 4.90 Å². The molecule has 1 saturated carbocycles. The second-order valence-corrected chi connectivity index (χ2v) is 5.79. The van der Waals surface area contributed by atoms with Gasteiger partial charge in [0.05, 0.1) is 6.10 Å². The van der Waals surface area contributed by atoms with Crippen molar-refractivity contribution in [2.75, 3.05) is 18.0 Å². The van der Waals surface area contributed by atoms with Crippen LogP contribution in [0.25, 0.3) is 0 Å². The monoisotopic (exact) mass is 245 g/mol. The maximum Gasteiger partial charge on any atom is 0.0743 e. The lowest BCUT2D eigenvalue weighted by atomic mass is 9.97. The van der Waals surface area contributed by atoms with Crippen LogP contribution in [0.2, 0.25) is 0 Å². The number of rotatable bonds is 3. The summed E-state index contributed by atoms with van der Waals surface area (Å²) in [5.74, 6) is 0.541. The van der Waals surface area contributed by atoms with E-state index in [-0.39, 0.29) is 6.10 Å². The highest BCUT2D eigenvalue weighted by atomic mass is 16.3. The first-order valence-corrected chi connectivity index (χ1v) is 7.35. The second kappa shape index (κ2) is 5.31. The summed E-state index contributed by atoms with van der Waals surface area (Å²) in [6, 6.07) is 8.66. The van der Waals surface area contributed by atoms with Gasteiger partial charge in [0.2, 0.25) is 0 Å². The standard InChI is InChI=1S/C16H23NO/c18-16(14-7-1-2-8-14)12-17-11-5-9-13-6-3-4-10-15(13)17/h3-4,6,10,14,16,18H,1-2,5,7-9,11-12H2. The molecular weight excluding hydrogens is 222 g/mol. The fraction of sp³-hybridized carbons (Fsp3) is 0.625. The molecule has 1 unspecified atom stereocenters. The first-order chi connectivity index (χ1) is 8.84. The van der Waals surface area contributed by atoms with Crippen LogP contribution in [0.5, 0.6) is 0 Å². The Bertz CT molecular complexity index is 398. The van der Waals surface area contributed by atoms with Crippen LogP contribution in [0.1, 0.15) is 37.7 Å². The van der Waals surface area contributed by atoms with Gasteiger partial charge in [-0.3, -0.25) is 0 Å². The zero-order valence-corrected chi connectivity index (χ0v) is 11.0. The van der Waals surface area contributed by atoms with Crippen molar-refractivity contribution >= 4 is 5.69 Å². The molecule has 1 aromatic rings. The number of benzene rings is 1. The Morgan fingerprint density at radius 1 is 1.17 bits per heavy atom. The fourth-order valence-corrected chi connectivity index (χ4v) is 3.52. The lowest BCUT2D eigenvalue weighted by Crippen LogP contribution is -2.38. The van der Waals surface area contributed by atoms with E-state index in [0.717, 1.165) is 13.1 Å². The molecule has 2 aliphatic rings. The Hall–Kier alpha value is -1.02. The van der Waals surface area contributed by atoms with Gasteiger partial charge in [-0.2, -0.15) is 0 Å². The minimum atomic E-state index is -0.140. The lowest BCUT2D eigenvalue weighted by Gasteiger charge is -2.34. The fourth-order valence-electron chi connectivity index (χ4n) is 3.52. The molecule has 2 nitrogen and oxygen atoms in total. The van der Waals surface area contributed by atoms with E-state index < -0.39 is 0 Å².